The maximum atomic E-state index is 12.5. The summed E-state index contributed by atoms with van der Waals surface area (Å²) in [5.41, 5.74) is 0. The van der Waals surface area contributed by atoms with E-state index in [-0.39, 0.29) is 31.1 Å². The highest BCUT2D eigenvalue weighted by atomic mass is 16.6. The molecule has 0 spiro atoms. The fourth-order valence-corrected chi connectivity index (χ4v) is 6.54. The molecule has 51 heavy (non-hydrogen) atoms. The van der Waals surface area contributed by atoms with Crippen LogP contribution >= 0.6 is 0 Å². The molecule has 0 aliphatic carbocycles. The summed E-state index contributed by atoms with van der Waals surface area (Å²) in [6.45, 7) is 11.2. The van der Waals surface area contributed by atoms with Crippen molar-refractivity contribution < 1.29 is 28.6 Å². The molecule has 1 unspecified atom stereocenters. The van der Waals surface area contributed by atoms with Crippen molar-refractivity contribution >= 4 is 17.9 Å². The van der Waals surface area contributed by atoms with Crippen molar-refractivity contribution in [2.75, 3.05) is 13.2 Å². The summed E-state index contributed by atoms with van der Waals surface area (Å²) in [4.78, 5) is 37.4. The first-order chi connectivity index (χ1) is 24.8. The number of carbonyl (C=O) groups excluding carboxylic acids is 3. The van der Waals surface area contributed by atoms with Crippen molar-refractivity contribution in [3.05, 3.63) is 0 Å². The van der Waals surface area contributed by atoms with E-state index in [1.54, 1.807) is 0 Å². The first kappa shape index (κ1) is 49.4. The Morgan fingerprint density at radius 3 is 1.12 bits per heavy atom. The number of esters is 3. The molecule has 0 aliphatic rings. The minimum atomic E-state index is -0.758. The van der Waals surface area contributed by atoms with E-state index in [9.17, 15) is 14.4 Å². The van der Waals surface area contributed by atoms with Gasteiger partial charge in [0.2, 0.25) is 0 Å². The van der Waals surface area contributed by atoms with Crippen LogP contribution in [-0.2, 0) is 28.6 Å². The highest BCUT2D eigenvalue weighted by Crippen LogP contribution is 2.17. The monoisotopic (exact) mass is 723 g/mol. The topological polar surface area (TPSA) is 78.9 Å². The van der Waals surface area contributed by atoms with Gasteiger partial charge in [-0.05, 0) is 31.1 Å². The van der Waals surface area contributed by atoms with Gasteiger partial charge in [0, 0.05) is 19.3 Å². The third kappa shape index (κ3) is 38.0. The summed E-state index contributed by atoms with van der Waals surface area (Å²) in [6.07, 6.45) is 35.5. The molecule has 6 nitrogen and oxygen atoms in total. The summed E-state index contributed by atoms with van der Waals surface area (Å²) >= 11 is 0. The molecule has 0 amide bonds. The van der Waals surface area contributed by atoms with Gasteiger partial charge in [-0.3, -0.25) is 14.4 Å². The van der Waals surface area contributed by atoms with Gasteiger partial charge in [0.15, 0.2) is 6.10 Å². The van der Waals surface area contributed by atoms with Crippen molar-refractivity contribution in [2.45, 2.75) is 246 Å². The van der Waals surface area contributed by atoms with Crippen LogP contribution < -0.4 is 0 Å². The molecule has 0 aromatic carbocycles. The van der Waals surface area contributed by atoms with Gasteiger partial charge in [0.1, 0.15) is 13.2 Å². The lowest BCUT2D eigenvalue weighted by Gasteiger charge is -2.18. The van der Waals surface area contributed by atoms with Gasteiger partial charge in [0.25, 0.3) is 0 Å². The first-order valence-corrected chi connectivity index (χ1v) is 22.3. The van der Waals surface area contributed by atoms with E-state index in [4.69, 9.17) is 14.2 Å². The molecule has 0 heterocycles. The van der Waals surface area contributed by atoms with E-state index >= 15 is 0 Å². The molecule has 0 aliphatic heterocycles. The molecule has 0 aromatic rings. The predicted octanol–water partition coefficient (Wildman–Crippen LogP) is 13.8. The van der Waals surface area contributed by atoms with Gasteiger partial charge in [-0.15, -0.1) is 0 Å². The molecule has 0 radical (unpaired) electrons. The number of hydrogen-bond donors (Lipinski definition) is 0. The van der Waals surface area contributed by atoms with Gasteiger partial charge in [-0.2, -0.15) is 0 Å². The highest BCUT2D eigenvalue weighted by Gasteiger charge is 2.19. The average Bonchev–Trinajstić information content (AvgIpc) is 3.11. The summed E-state index contributed by atoms with van der Waals surface area (Å²) in [5.74, 6) is 0.788. The van der Waals surface area contributed by atoms with E-state index < -0.39 is 6.10 Å². The van der Waals surface area contributed by atoms with Gasteiger partial charge in [-0.1, -0.05) is 202 Å². The molecule has 302 valence electrons. The number of rotatable bonds is 39. The molecule has 0 saturated carbocycles. The van der Waals surface area contributed by atoms with E-state index in [1.165, 1.54) is 122 Å². The van der Waals surface area contributed by atoms with E-state index in [2.05, 4.69) is 34.6 Å². The zero-order valence-corrected chi connectivity index (χ0v) is 34.7. The lowest BCUT2D eigenvalue weighted by atomic mass is 10.00. The predicted molar refractivity (Wildman–Crippen MR) is 215 cm³/mol. The molecule has 0 rings (SSSR count). The third-order valence-electron chi connectivity index (χ3n) is 10.3. The molecule has 0 fully saturated rings. The lowest BCUT2D eigenvalue weighted by molar-refractivity contribution is -0.167. The van der Waals surface area contributed by atoms with Crippen LogP contribution in [-0.4, -0.2) is 37.2 Å². The van der Waals surface area contributed by atoms with Gasteiger partial charge in [-0.25, -0.2) is 0 Å². The van der Waals surface area contributed by atoms with Crippen molar-refractivity contribution in [3.63, 3.8) is 0 Å². The second-order valence-corrected chi connectivity index (χ2v) is 16.1. The fourth-order valence-electron chi connectivity index (χ4n) is 6.54. The highest BCUT2D eigenvalue weighted by molar-refractivity contribution is 5.71. The molecule has 0 saturated heterocycles. The van der Waals surface area contributed by atoms with Crippen LogP contribution in [0.15, 0.2) is 0 Å². The Morgan fingerprint density at radius 2 is 0.745 bits per heavy atom. The number of ether oxygens (including phenoxy) is 3. The van der Waals surface area contributed by atoms with Crippen LogP contribution in [0.4, 0.5) is 0 Å². The Morgan fingerprint density at radius 1 is 0.412 bits per heavy atom. The van der Waals surface area contributed by atoms with E-state index in [0.29, 0.717) is 19.3 Å². The lowest BCUT2D eigenvalue weighted by Crippen LogP contribution is -2.30. The van der Waals surface area contributed by atoms with Gasteiger partial charge < -0.3 is 14.2 Å². The van der Waals surface area contributed by atoms with Crippen molar-refractivity contribution in [2.24, 2.45) is 11.8 Å². The van der Waals surface area contributed by atoms with Gasteiger partial charge >= 0.3 is 17.9 Å². The van der Waals surface area contributed by atoms with Crippen molar-refractivity contribution in [3.8, 4) is 0 Å². The Bertz CT molecular complexity index is 781. The van der Waals surface area contributed by atoms with Crippen LogP contribution in [0.25, 0.3) is 0 Å². The summed E-state index contributed by atoms with van der Waals surface area (Å²) in [7, 11) is 0. The smallest absolute Gasteiger partial charge is 0.306 e. The molecule has 6 heteroatoms. The molecular weight excluding hydrogens is 636 g/mol. The Balaban J connectivity index is 4.10. The molecule has 2 atom stereocenters. The SMILES string of the molecule is CCCCCCCC(=O)O[C@@H](COC(=O)CCCCCCCCCCCCCCCCCC(C)C)COC(=O)CCCCCCCCC(C)CC. The summed E-state index contributed by atoms with van der Waals surface area (Å²) in [6, 6.07) is 0. The molecule has 0 N–H and O–H groups in total. The summed E-state index contributed by atoms with van der Waals surface area (Å²) in [5, 5.41) is 0. The van der Waals surface area contributed by atoms with Crippen LogP contribution in [0.5, 0.6) is 0 Å². The minimum absolute atomic E-state index is 0.0668. The third-order valence-corrected chi connectivity index (χ3v) is 10.3. The average molecular weight is 723 g/mol. The quantitative estimate of drug-likeness (QED) is 0.0357. The van der Waals surface area contributed by atoms with E-state index in [0.717, 1.165) is 76.0 Å². The minimum Gasteiger partial charge on any atom is -0.462 e. The Hall–Kier alpha value is -1.59. The second-order valence-electron chi connectivity index (χ2n) is 16.1. The Labute approximate surface area is 317 Å². The number of carbonyl (C=O) groups is 3. The maximum Gasteiger partial charge on any atom is 0.306 e. The zero-order valence-electron chi connectivity index (χ0n) is 34.7. The van der Waals surface area contributed by atoms with Crippen molar-refractivity contribution in [1.29, 1.82) is 0 Å². The maximum absolute atomic E-state index is 12.5. The normalized spacial score (nSPS) is 12.6. The Kier molecular flexibility index (Phi) is 37.0. The standard InChI is InChI=1S/C45H86O6/c1-6-8-9-23-32-37-45(48)51-42(39-50-44(47)36-31-27-22-21-25-29-34-41(5)7-2)38-49-43(46)35-30-26-20-18-16-14-12-10-11-13-15-17-19-24-28-33-40(3)4/h40-42H,6-39H2,1-5H3/t41?,42-/m0/s1. The molecule has 0 aromatic heterocycles. The van der Waals surface area contributed by atoms with E-state index in [1.807, 2.05) is 0 Å². The van der Waals surface area contributed by atoms with Crippen molar-refractivity contribution in [1.82, 2.24) is 0 Å². The van der Waals surface area contributed by atoms with Crippen LogP contribution in [0, 0.1) is 11.8 Å². The van der Waals surface area contributed by atoms with Crippen LogP contribution in [0.1, 0.15) is 240 Å². The number of unbranched alkanes of at least 4 members (excludes halogenated alkanes) is 23. The molecule has 0 bridgehead atoms. The van der Waals surface area contributed by atoms with Crippen LogP contribution in [0.3, 0.4) is 0 Å². The van der Waals surface area contributed by atoms with Crippen LogP contribution in [0.2, 0.25) is 0 Å². The van der Waals surface area contributed by atoms with Gasteiger partial charge in [0.05, 0.1) is 0 Å². The first-order valence-electron chi connectivity index (χ1n) is 22.3. The fraction of sp³-hybridized carbons (Fsp3) is 0.933. The zero-order chi connectivity index (χ0) is 37.6. The second kappa shape index (κ2) is 38.1. The summed E-state index contributed by atoms with van der Waals surface area (Å²) < 4.78 is 16.6. The molecular formula is C45H86O6. The largest absolute Gasteiger partial charge is 0.462 e. The number of hydrogen-bond acceptors (Lipinski definition) is 6.